The molecule has 1 atom stereocenters. The van der Waals surface area contributed by atoms with Crippen LogP contribution < -0.4 is 0 Å². The maximum atomic E-state index is 10.7. The largest absolute Gasteiger partial charge is 0.295 e. The van der Waals surface area contributed by atoms with Crippen molar-refractivity contribution in [1.29, 1.82) is 0 Å². The number of hydrogen-bond donors (Lipinski definition) is 0. The number of unbranched alkanes of at least 4 members (excludes halogenated alkanes) is 1. The molecule has 0 unspecified atom stereocenters. The molecule has 56 valence electrons. The first-order chi connectivity index (χ1) is 4.83. The summed E-state index contributed by atoms with van der Waals surface area (Å²) < 4.78 is 0. The van der Waals surface area contributed by atoms with Gasteiger partial charge in [0.2, 0.25) is 0 Å². The van der Waals surface area contributed by atoms with Gasteiger partial charge in [0.1, 0.15) is 0 Å². The molecule has 0 saturated heterocycles. The quantitative estimate of drug-likeness (QED) is 0.585. The van der Waals surface area contributed by atoms with Crippen LogP contribution in [0.4, 0.5) is 0 Å². The van der Waals surface area contributed by atoms with E-state index in [-0.39, 0.29) is 0 Å². The summed E-state index contributed by atoms with van der Waals surface area (Å²) in [5.41, 5.74) is 0. The van der Waals surface area contributed by atoms with E-state index >= 15 is 0 Å². The van der Waals surface area contributed by atoms with Crippen LogP contribution in [0.25, 0.3) is 0 Å². The third-order valence-corrected chi connectivity index (χ3v) is 1.95. The Kier molecular flexibility index (Phi) is 2.67. The second-order valence-electron chi connectivity index (χ2n) is 2.93. The van der Waals surface area contributed by atoms with Gasteiger partial charge in [-0.05, 0) is 18.4 Å². The lowest BCUT2D eigenvalue weighted by molar-refractivity contribution is -0.114. The summed E-state index contributed by atoms with van der Waals surface area (Å²) in [6.45, 7) is 2.18. The van der Waals surface area contributed by atoms with Crippen molar-refractivity contribution in [3.05, 3.63) is 12.2 Å². The van der Waals surface area contributed by atoms with Crippen LogP contribution in [0.3, 0.4) is 0 Å². The lowest BCUT2D eigenvalue weighted by Gasteiger charge is -2.02. The molecule has 0 saturated carbocycles. The van der Waals surface area contributed by atoms with Crippen LogP contribution in [0.2, 0.25) is 0 Å². The maximum Gasteiger partial charge on any atom is 0.155 e. The highest BCUT2D eigenvalue weighted by atomic mass is 16.1. The lowest BCUT2D eigenvalue weighted by Crippen LogP contribution is -1.95. The van der Waals surface area contributed by atoms with Gasteiger partial charge in [-0.15, -0.1) is 0 Å². The Morgan fingerprint density at radius 1 is 1.70 bits per heavy atom. The monoisotopic (exact) mass is 138 g/mol. The topological polar surface area (TPSA) is 17.1 Å². The fraction of sp³-hybridized carbons (Fsp3) is 0.667. The number of ketones is 1. The van der Waals surface area contributed by atoms with Gasteiger partial charge in [0.15, 0.2) is 5.78 Å². The minimum atomic E-state index is 0.307. The van der Waals surface area contributed by atoms with Crippen molar-refractivity contribution in [3.8, 4) is 0 Å². The van der Waals surface area contributed by atoms with Crippen molar-refractivity contribution in [2.45, 2.75) is 32.6 Å². The highest BCUT2D eigenvalue weighted by Crippen LogP contribution is 2.19. The van der Waals surface area contributed by atoms with Crippen LogP contribution in [0.5, 0.6) is 0 Å². The van der Waals surface area contributed by atoms with Gasteiger partial charge in [0, 0.05) is 6.42 Å². The zero-order chi connectivity index (χ0) is 7.40. The summed E-state index contributed by atoms with van der Waals surface area (Å²) in [4.78, 5) is 10.7. The molecule has 0 spiro atoms. The van der Waals surface area contributed by atoms with E-state index in [1.54, 1.807) is 6.08 Å². The van der Waals surface area contributed by atoms with Crippen molar-refractivity contribution in [2.24, 2.45) is 5.92 Å². The summed E-state index contributed by atoms with van der Waals surface area (Å²) in [6, 6.07) is 0. The number of rotatable bonds is 3. The fourth-order valence-electron chi connectivity index (χ4n) is 1.30. The minimum Gasteiger partial charge on any atom is -0.295 e. The summed E-state index contributed by atoms with van der Waals surface area (Å²) in [6.07, 6.45) is 8.22. The SMILES string of the molecule is CCCC[C@@H]1C=CC(=O)C1. The van der Waals surface area contributed by atoms with Crippen molar-refractivity contribution in [2.75, 3.05) is 0 Å². The Balaban J connectivity index is 2.20. The Bertz CT molecular complexity index is 147. The predicted molar refractivity (Wildman–Crippen MR) is 41.8 cm³/mol. The molecule has 0 radical (unpaired) electrons. The van der Waals surface area contributed by atoms with Gasteiger partial charge in [0.05, 0.1) is 0 Å². The fourth-order valence-corrected chi connectivity index (χ4v) is 1.30. The summed E-state index contributed by atoms with van der Waals surface area (Å²) >= 11 is 0. The Morgan fingerprint density at radius 2 is 2.50 bits per heavy atom. The highest BCUT2D eigenvalue weighted by molar-refractivity contribution is 5.92. The molecule has 0 heterocycles. The summed E-state index contributed by atoms with van der Waals surface area (Å²) in [7, 11) is 0. The first-order valence-corrected chi connectivity index (χ1v) is 4.04. The average molecular weight is 138 g/mol. The number of carbonyl (C=O) groups excluding carboxylic acids is 1. The molecule has 10 heavy (non-hydrogen) atoms. The number of carbonyl (C=O) groups is 1. The molecule has 1 rings (SSSR count). The van der Waals surface area contributed by atoms with Gasteiger partial charge in [-0.2, -0.15) is 0 Å². The van der Waals surface area contributed by atoms with Gasteiger partial charge in [0.25, 0.3) is 0 Å². The van der Waals surface area contributed by atoms with Crippen molar-refractivity contribution >= 4 is 5.78 Å². The van der Waals surface area contributed by atoms with E-state index in [0.717, 1.165) is 6.42 Å². The average Bonchev–Trinajstić information content (AvgIpc) is 2.31. The van der Waals surface area contributed by atoms with Crippen LogP contribution in [-0.4, -0.2) is 5.78 Å². The molecular formula is C9H14O. The van der Waals surface area contributed by atoms with E-state index in [1.165, 1.54) is 19.3 Å². The minimum absolute atomic E-state index is 0.307. The molecule has 0 fully saturated rings. The third-order valence-electron chi connectivity index (χ3n) is 1.95. The Morgan fingerprint density at radius 3 is 3.00 bits per heavy atom. The molecule has 0 N–H and O–H groups in total. The second-order valence-corrected chi connectivity index (χ2v) is 2.93. The zero-order valence-electron chi connectivity index (χ0n) is 6.47. The van der Waals surface area contributed by atoms with Crippen LogP contribution in [0.15, 0.2) is 12.2 Å². The second kappa shape index (κ2) is 3.55. The van der Waals surface area contributed by atoms with Gasteiger partial charge in [-0.25, -0.2) is 0 Å². The van der Waals surface area contributed by atoms with Crippen LogP contribution in [-0.2, 0) is 4.79 Å². The molecule has 0 aromatic rings. The van der Waals surface area contributed by atoms with Crippen molar-refractivity contribution < 1.29 is 4.79 Å². The third kappa shape index (κ3) is 1.98. The standard InChI is InChI=1S/C9H14O/c1-2-3-4-8-5-6-9(10)7-8/h5-6,8H,2-4,7H2,1H3/t8-/m1/s1. The van der Waals surface area contributed by atoms with E-state index in [0.29, 0.717) is 11.7 Å². The molecule has 1 heteroatoms. The van der Waals surface area contributed by atoms with E-state index in [4.69, 9.17) is 0 Å². The van der Waals surface area contributed by atoms with Crippen molar-refractivity contribution in [1.82, 2.24) is 0 Å². The number of hydrogen-bond acceptors (Lipinski definition) is 1. The molecular weight excluding hydrogens is 124 g/mol. The van der Waals surface area contributed by atoms with E-state index < -0.39 is 0 Å². The van der Waals surface area contributed by atoms with Crippen LogP contribution >= 0.6 is 0 Å². The molecule has 0 bridgehead atoms. The van der Waals surface area contributed by atoms with E-state index in [2.05, 4.69) is 13.0 Å². The van der Waals surface area contributed by atoms with E-state index in [9.17, 15) is 4.79 Å². The first-order valence-electron chi connectivity index (χ1n) is 4.04. The molecule has 1 nitrogen and oxygen atoms in total. The highest BCUT2D eigenvalue weighted by Gasteiger charge is 2.14. The van der Waals surface area contributed by atoms with Gasteiger partial charge in [-0.3, -0.25) is 4.79 Å². The summed E-state index contributed by atoms with van der Waals surface area (Å²) in [5, 5.41) is 0. The van der Waals surface area contributed by atoms with Crippen LogP contribution in [0.1, 0.15) is 32.6 Å². The molecule has 0 aromatic carbocycles. The maximum absolute atomic E-state index is 10.7. The van der Waals surface area contributed by atoms with E-state index in [1.807, 2.05) is 0 Å². The normalized spacial score (nSPS) is 24.1. The Hall–Kier alpha value is -0.590. The first kappa shape index (κ1) is 7.52. The van der Waals surface area contributed by atoms with Gasteiger partial charge < -0.3 is 0 Å². The Labute approximate surface area is 62.1 Å². The predicted octanol–water partition coefficient (Wildman–Crippen LogP) is 2.32. The molecule has 0 aromatic heterocycles. The summed E-state index contributed by atoms with van der Waals surface area (Å²) in [5.74, 6) is 0.869. The van der Waals surface area contributed by atoms with Gasteiger partial charge in [-0.1, -0.05) is 25.8 Å². The smallest absolute Gasteiger partial charge is 0.155 e. The molecule has 0 amide bonds. The number of allylic oxidation sites excluding steroid dienone is 2. The van der Waals surface area contributed by atoms with Crippen molar-refractivity contribution in [3.63, 3.8) is 0 Å². The lowest BCUT2D eigenvalue weighted by atomic mass is 10.0. The molecule has 1 aliphatic rings. The van der Waals surface area contributed by atoms with Gasteiger partial charge >= 0.3 is 0 Å². The van der Waals surface area contributed by atoms with Crippen LogP contribution in [0, 0.1) is 5.92 Å². The zero-order valence-corrected chi connectivity index (χ0v) is 6.47. The molecule has 0 aliphatic heterocycles. The molecule has 1 aliphatic carbocycles.